The molecule has 23 heavy (non-hydrogen) atoms. The van der Waals surface area contributed by atoms with Crippen molar-refractivity contribution in [3.05, 3.63) is 18.1 Å². The van der Waals surface area contributed by atoms with Gasteiger partial charge in [0.15, 0.2) is 0 Å². The van der Waals surface area contributed by atoms with Crippen molar-refractivity contribution in [3.8, 4) is 11.8 Å². The van der Waals surface area contributed by atoms with E-state index in [9.17, 15) is 18.0 Å². The number of carbonyl (C=O) groups is 1. The molecule has 0 bridgehead atoms. The van der Waals surface area contributed by atoms with Gasteiger partial charge in [-0.05, 0) is 0 Å². The normalized spacial score (nSPS) is 14.2. The average molecular weight is 335 g/mol. The summed E-state index contributed by atoms with van der Waals surface area (Å²) in [5.41, 5.74) is 0. The predicted octanol–water partition coefficient (Wildman–Crippen LogP) is 1.23. The average Bonchev–Trinajstić information content (AvgIpc) is 2.54. The van der Waals surface area contributed by atoms with Crippen molar-refractivity contribution in [1.29, 1.82) is 0 Å². The Morgan fingerprint density at radius 3 is 2.26 bits per heavy atom. The molecule has 11 heteroatoms. The Morgan fingerprint density at radius 2 is 1.83 bits per heavy atom. The van der Waals surface area contributed by atoms with Gasteiger partial charge in [-0.3, -0.25) is 4.79 Å². The third-order valence-electron chi connectivity index (χ3n) is 2.60. The van der Waals surface area contributed by atoms with Crippen molar-refractivity contribution < 1.29 is 36.9 Å². The summed E-state index contributed by atoms with van der Waals surface area (Å²) in [6.45, 7) is 0.0812. The van der Waals surface area contributed by atoms with E-state index >= 15 is 0 Å². The highest BCUT2D eigenvalue weighted by Crippen LogP contribution is 2.31. The first kappa shape index (κ1) is 16.6. The minimum Gasteiger partial charge on any atom is -0.494 e. The van der Waals surface area contributed by atoms with Gasteiger partial charge in [-0.2, -0.15) is 14.9 Å². The van der Waals surface area contributed by atoms with Gasteiger partial charge in [-0.15, -0.1) is 13.2 Å². The fourth-order valence-corrected chi connectivity index (χ4v) is 1.61. The Balaban J connectivity index is 2.47. The van der Waals surface area contributed by atoms with Crippen LogP contribution in [0.4, 0.5) is 19.1 Å². The molecule has 0 spiro atoms. The van der Waals surface area contributed by atoms with E-state index in [0.717, 1.165) is 6.26 Å². The number of nitrogens with zero attached hydrogens (tertiary/aromatic N) is 3. The maximum Gasteiger partial charge on any atom is 0.494 e. The van der Waals surface area contributed by atoms with E-state index in [2.05, 4.69) is 9.97 Å². The van der Waals surface area contributed by atoms with E-state index < -0.39 is 28.8 Å². The van der Waals surface area contributed by atoms with E-state index in [-0.39, 0.29) is 25.0 Å². The monoisotopic (exact) mass is 335 g/mol. The first-order valence-electron chi connectivity index (χ1n) is 6.19. The number of carbonyl (C=O) groups excluding carboxylic acids is 1. The molecular formula is C12H12F3N3O5. The lowest BCUT2D eigenvalue weighted by atomic mass is 10.4. The van der Waals surface area contributed by atoms with E-state index in [1.165, 1.54) is 20.3 Å². The molecule has 0 unspecified atom stereocenters. The van der Waals surface area contributed by atoms with Crippen LogP contribution in [-0.4, -0.2) is 49.6 Å². The Kier molecular flexibility index (Phi) is 4.77. The second-order valence-electron chi connectivity index (χ2n) is 4.06. The zero-order chi connectivity index (χ0) is 17.0. The van der Waals surface area contributed by atoms with Crippen LogP contribution in [-0.2, 0) is 14.3 Å². The number of rotatable bonds is 4. The number of anilines is 1. The molecule has 2 rings (SSSR count). The molecule has 0 N–H and O–H groups in total. The minimum atomic E-state index is -5.10. The van der Waals surface area contributed by atoms with Gasteiger partial charge in [0.1, 0.15) is 19.5 Å². The lowest BCUT2D eigenvalue weighted by molar-refractivity contribution is -0.151. The van der Waals surface area contributed by atoms with Crippen LogP contribution in [0.15, 0.2) is 18.1 Å². The van der Waals surface area contributed by atoms with Gasteiger partial charge in [0, 0.05) is 0 Å². The van der Waals surface area contributed by atoms with Crippen LogP contribution in [0.1, 0.15) is 0 Å². The molecule has 2 heterocycles. The number of alkyl halides is 3. The lowest BCUT2D eigenvalue weighted by Gasteiger charge is -2.25. The number of hydrogen-bond acceptors (Lipinski definition) is 7. The number of amides is 1. The Hall–Kier alpha value is -2.72. The summed E-state index contributed by atoms with van der Waals surface area (Å²) in [6.07, 6.45) is -4.29. The Bertz CT molecular complexity index is 598. The molecule has 1 amide bonds. The molecule has 8 nitrogen and oxygen atoms in total. The second-order valence-corrected chi connectivity index (χ2v) is 4.06. The van der Waals surface area contributed by atoms with Crippen LogP contribution in [0.25, 0.3) is 0 Å². The molecule has 0 aromatic carbocycles. The standard InChI is InChI=1S/C12H12F3N3O5/c1-20-8-5-9(21-2)17-11(16-8)18(12(13,14)15)10(19)7-6-22-3-4-23-7/h5-6H,3-4H2,1-2H3. The lowest BCUT2D eigenvalue weighted by Crippen LogP contribution is -2.45. The van der Waals surface area contributed by atoms with E-state index in [1.807, 2.05) is 0 Å². The topological polar surface area (TPSA) is 83.0 Å². The van der Waals surface area contributed by atoms with Crippen LogP contribution in [0, 0.1) is 0 Å². The summed E-state index contributed by atoms with van der Waals surface area (Å²) in [4.78, 5) is 18.6. The van der Waals surface area contributed by atoms with Crippen molar-refractivity contribution in [1.82, 2.24) is 9.97 Å². The minimum absolute atomic E-state index is 0.0500. The van der Waals surface area contributed by atoms with Crippen molar-refractivity contribution in [2.24, 2.45) is 0 Å². The summed E-state index contributed by atoms with van der Waals surface area (Å²) in [5, 5.41) is 0. The van der Waals surface area contributed by atoms with Crippen molar-refractivity contribution in [3.63, 3.8) is 0 Å². The highest BCUT2D eigenvalue weighted by atomic mass is 19.4. The molecule has 126 valence electrons. The van der Waals surface area contributed by atoms with Gasteiger partial charge in [-0.25, -0.2) is 0 Å². The maximum atomic E-state index is 13.3. The highest BCUT2D eigenvalue weighted by Gasteiger charge is 2.46. The number of methoxy groups -OCH3 is 2. The van der Waals surface area contributed by atoms with Crippen molar-refractivity contribution in [2.75, 3.05) is 32.3 Å². The fourth-order valence-electron chi connectivity index (χ4n) is 1.61. The number of halogens is 3. The molecule has 1 aliphatic heterocycles. The summed E-state index contributed by atoms with van der Waals surface area (Å²) in [5.74, 6) is -3.51. The molecule has 0 aliphatic carbocycles. The quantitative estimate of drug-likeness (QED) is 0.765. The summed E-state index contributed by atoms with van der Waals surface area (Å²) in [7, 11) is 2.40. The zero-order valence-corrected chi connectivity index (χ0v) is 12.1. The highest BCUT2D eigenvalue weighted by molar-refractivity contribution is 6.03. The number of aromatic nitrogens is 2. The van der Waals surface area contributed by atoms with Crippen LogP contribution in [0.2, 0.25) is 0 Å². The molecule has 0 saturated heterocycles. The molecule has 0 atom stereocenters. The van der Waals surface area contributed by atoms with Crippen LogP contribution >= 0.6 is 0 Å². The Labute approximate surface area is 128 Å². The molecule has 0 fully saturated rings. The van der Waals surface area contributed by atoms with Gasteiger partial charge >= 0.3 is 12.2 Å². The van der Waals surface area contributed by atoms with Crippen molar-refractivity contribution in [2.45, 2.75) is 6.30 Å². The van der Waals surface area contributed by atoms with Gasteiger partial charge in [0.25, 0.3) is 0 Å². The second kappa shape index (κ2) is 6.58. The van der Waals surface area contributed by atoms with Crippen molar-refractivity contribution >= 4 is 11.9 Å². The largest absolute Gasteiger partial charge is 0.494 e. The third-order valence-corrected chi connectivity index (χ3v) is 2.60. The molecular weight excluding hydrogens is 323 g/mol. The van der Waals surface area contributed by atoms with Crippen LogP contribution < -0.4 is 14.4 Å². The molecule has 0 saturated carbocycles. The third kappa shape index (κ3) is 3.73. The van der Waals surface area contributed by atoms with Gasteiger partial charge in [0.05, 0.1) is 20.3 Å². The summed E-state index contributed by atoms with van der Waals surface area (Å²) < 4.78 is 59.1. The van der Waals surface area contributed by atoms with Crippen LogP contribution in [0.3, 0.4) is 0 Å². The molecule has 0 radical (unpaired) electrons. The number of ether oxygens (including phenoxy) is 4. The van der Waals surface area contributed by atoms with E-state index in [4.69, 9.17) is 18.9 Å². The van der Waals surface area contributed by atoms with Gasteiger partial charge < -0.3 is 18.9 Å². The van der Waals surface area contributed by atoms with Gasteiger partial charge in [-0.1, -0.05) is 0 Å². The first-order valence-corrected chi connectivity index (χ1v) is 6.19. The SMILES string of the molecule is COc1cc(OC)nc(N(C(=O)C2=COCCO2)C(F)(F)F)n1. The predicted molar refractivity (Wildman–Crippen MR) is 68.7 cm³/mol. The van der Waals surface area contributed by atoms with Gasteiger partial charge in [0.2, 0.25) is 23.5 Å². The fraction of sp³-hybridized carbons (Fsp3) is 0.417. The zero-order valence-electron chi connectivity index (χ0n) is 12.1. The summed E-state index contributed by atoms with van der Waals surface area (Å²) in [6, 6.07) is 1.17. The van der Waals surface area contributed by atoms with E-state index in [0.29, 0.717) is 0 Å². The first-order chi connectivity index (χ1) is 10.9. The number of hydrogen-bond donors (Lipinski definition) is 0. The molecule has 1 aromatic rings. The van der Waals surface area contributed by atoms with Crippen LogP contribution in [0.5, 0.6) is 11.8 Å². The van der Waals surface area contributed by atoms with E-state index in [1.54, 1.807) is 0 Å². The molecule has 1 aromatic heterocycles. The Morgan fingerprint density at radius 1 is 1.22 bits per heavy atom. The smallest absolute Gasteiger partial charge is 0.494 e. The maximum absolute atomic E-state index is 13.3. The molecule has 1 aliphatic rings. The summed E-state index contributed by atoms with van der Waals surface area (Å²) >= 11 is 0.